The smallest absolute Gasteiger partial charge is 0.337 e. The third kappa shape index (κ3) is 3.46. The van der Waals surface area contributed by atoms with Crippen molar-refractivity contribution in [3.8, 4) is 0 Å². The molecule has 1 aromatic rings. The van der Waals surface area contributed by atoms with Crippen LogP contribution in [0.2, 0.25) is 0 Å². The van der Waals surface area contributed by atoms with E-state index >= 15 is 0 Å². The number of hydrogen-bond donors (Lipinski definition) is 3. The second kappa shape index (κ2) is 5.68. The molecule has 0 saturated heterocycles. The van der Waals surface area contributed by atoms with Crippen LogP contribution in [0.1, 0.15) is 29.8 Å². The van der Waals surface area contributed by atoms with E-state index in [0.29, 0.717) is 5.69 Å². The summed E-state index contributed by atoms with van der Waals surface area (Å²) in [5, 5.41) is 21.3. The number of carboxylic acid groups (broad SMARTS) is 1. The van der Waals surface area contributed by atoms with Crippen LogP contribution in [0, 0.1) is 12.8 Å². The molecule has 0 aromatic heterocycles. The van der Waals surface area contributed by atoms with Gasteiger partial charge in [0.05, 0.1) is 5.56 Å². The van der Waals surface area contributed by atoms with Gasteiger partial charge in [0, 0.05) is 18.3 Å². The predicted molar refractivity (Wildman–Crippen MR) is 67.5 cm³/mol. The third-order valence-corrected chi connectivity index (χ3v) is 2.93. The van der Waals surface area contributed by atoms with Gasteiger partial charge in [0.2, 0.25) is 0 Å². The van der Waals surface area contributed by atoms with Crippen molar-refractivity contribution >= 4 is 11.7 Å². The molecule has 0 aliphatic rings. The van der Waals surface area contributed by atoms with Crippen molar-refractivity contribution in [1.29, 1.82) is 0 Å². The number of anilines is 1. The van der Waals surface area contributed by atoms with Crippen LogP contribution in [0.5, 0.6) is 0 Å². The number of rotatable bonds is 5. The summed E-state index contributed by atoms with van der Waals surface area (Å²) in [6.45, 7) is 5.82. The first kappa shape index (κ1) is 13.5. The molecular weight excluding hydrogens is 218 g/mol. The van der Waals surface area contributed by atoms with E-state index in [2.05, 4.69) is 5.32 Å². The van der Waals surface area contributed by atoms with E-state index in [-0.39, 0.29) is 24.1 Å². The van der Waals surface area contributed by atoms with Crippen molar-refractivity contribution in [1.82, 2.24) is 0 Å². The van der Waals surface area contributed by atoms with Crippen molar-refractivity contribution in [2.24, 2.45) is 5.92 Å². The summed E-state index contributed by atoms with van der Waals surface area (Å²) in [6.07, 6.45) is 0. The Morgan fingerprint density at radius 1 is 1.41 bits per heavy atom. The third-order valence-electron chi connectivity index (χ3n) is 2.93. The van der Waals surface area contributed by atoms with Gasteiger partial charge in [-0.15, -0.1) is 0 Å². The highest BCUT2D eigenvalue weighted by atomic mass is 16.4. The molecule has 2 unspecified atom stereocenters. The summed E-state index contributed by atoms with van der Waals surface area (Å²) in [5.74, 6) is -0.881. The van der Waals surface area contributed by atoms with Crippen LogP contribution in [0.4, 0.5) is 5.69 Å². The largest absolute Gasteiger partial charge is 0.478 e. The highest BCUT2D eigenvalue weighted by molar-refractivity contribution is 5.94. The number of aryl methyl sites for hydroxylation is 1. The Morgan fingerprint density at radius 2 is 2.06 bits per heavy atom. The quantitative estimate of drug-likeness (QED) is 0.733. The zero-order chi connectivity index (χ0) is 13.0. The molecule has 4 heteroatoms. The molecule has 2 atom stereocenters. The molecule has 3 N–H and O–H groups in total. The van der Waals surface area contributed by atoms with Gasteiger partial charge in [0.15, 0.2) is 0 Å². The first-order chi connectivity index (χ1) is 7.95. The lowest BCUT2D eigenvalue weighted by Crippen LogP contribution is -2.27. The zero-order valence-corrected chi connectivity index (χ0v) is 10.4. The Balaban J connectivity index is 2.96. The SMILES string of the molecule is Cc1ccc(C(=O)O)c(NC(C)C(C)CO)c1. The van der Waals surface area contributed by atoms with Crippen LogP contribution in [0.15, 0.2) is 18.2 Å². The molecule has 1 rings (SSSR count). The lowest BCUT2D eigenvalue weighted by Gasteiger charge is -2.21. The van der Waals surface area contributed by atoms with Gasteiger partial charge in [-0.25, -0.2) is 4.79 Å². The number of carbonyl (C=O) groups is 1. The van der Waals surface area contributed by atoms with Gasteiger partial charge in [0.1, 0.15) is 0 Å². The molecule has 94 valence electrons. The van der Waals surface area contributed by atoms with E-state index in [0.717, 1.165) is 5.56 Å². The molecule has 1 aromatic carbocycles. The fraction of sp³-hybridized carbons (Fsp3) is 0.462. The Labute approximate surface area is 101 Å². The monoisotopic (exact) mass is 237 g/mol. The van der Waals surface area contributed by atoms with Crippen molar-refractivity contribution in [2.45, 2.75) is 26.8 Å². The van der Waals surface area contributed by atoms with E-state index in [1.807, 2.05) is 26.8 Å². The topological polar surface area (TPSA) is 69.6 Å². The van der Waals surface area contributed by atoms with Gasteiger partial charge in [-0.2, -0.15) is 0 Å². The Morgan fingerprint density at radius 3 is 2.59 bits per heavy atom. The molecule has 0 spiro atoms. The van der Waals surface area contributed by atoms with E-state index < -0.39 is 5.97 Å². The number of benzene rings is 1. The molecular formula is C13H19NO3. The lowest BCUT2D eigenvalue weighted by molar-refractivity contribution is 0.0698. The molecule has 0 heterocycles. The molecule has 0 bridgehead atoms. The fourth-order valence-electron chi connectivity index (χ4n) is 1.51. The fourth-order valence-corrected chi connectivity index (χ4v) is 1.51. The number of nitrogens with one attached hydrogen (secondary N) is 1. The predicted octanol–water partition coefficient (Wildman–Crippen LogP) is 2.12. The van der Waals surface area contributed by atoms with E-state index in [1.165, 1.54) is 0 Å². The molecule has 0 fully saturated rings. The standard InChI is InChI=1S/C13H19NO3/c1-8-4-5-11(13(16)17)12(6-8)14-10(3)9(2)7-15/h4-6,9-10,14-15H,7H2,1-3H3,(H,16,17). The Bertz CT molecular complexity index is 404. The lowest BCUT2D eigenvalue weighted by atomic mass is 10.0. The van der Waals surface area contributed by atoms with Crippen LogP contribution in [-0.4, -0.2) is 28.8 Å². The maximum Gasteiger partial charge on any atom is 0.337 e. The number of carboxylic acids is 1. The van der Waals surface area contributed by atoms with Gasteiger partial charge in [-0.1, -0.05) is 13.0 Å². The molecule has 17 heavy (non-hydrogen) atoms. The van der Waals surface area contributed by atoms with Crippen LogP contribution < -0.4 is 5.32 Å². The van der Waals surface area contributed by atoms with E-state index in [4.69, 9.17) is 10.2 Å². The number of hydrogen-bond acceptors (Lipinski definition) is 3. The summed E-state index contributed by atoms with van der Waals surface area (Å²) >= 11 is 0. The van der Waals surface area contributed by atoms with Gasteiger partial charge < -0.3 is 15.5 Å². The van der Waals surface area contributed by atoms with Crippen molar-refractivity contribution in [2.75, 3.05) is 11.9 Å². The van der Waals surface area contributed by atoms with Gasteiger partial charge in [-0.3, -0.25) is 0 Å². The average Bonchev–Trinajstić information content (AvgIpc) is 2.27. The normalized spacial score (nSPS) is 14.1. The number of aromatic carboxylic acids is 1. The van der Waals surface area contributed by atoms with Crippen molar-refractivity contribution in [3.05, 3.63) is 29.3 Å². The molecule has 0 radical (unpaired) electrons. The Hall–Kier alpha value is -1.55. The highest BCUT2D eigenvalue weighted by Gasteiger charge is 2.15. The summed E-state index contributed by atoms with van der Waals surface area (Å²) in [5.41, 5.74) is 1.86. The van der Waals surface area contributed by atoms with Gasteiger partial charge >= 0.3 is 5.97 Å². The molecule has 0 aliphatic carbocycles. The maximum absolute atomic E-state index is 11.1. The minimum atomic E-state index is -0.948. The van der Waals surface area contributed by atoms with E-state index in [1.54, 1.807) is 12.1 Å². The van der Waals surface area contributed by atoms with Gasteiger partial charge in [0.25, 0.3) is 0 Å². The summed E-state index contributed by atoms with van der Waals surface area (Å²) in [6, 6.07) is 5.19. The average molecular weight is 237 g/mol. The number of aliphatic hydroxyl groups excluding tert-OH is 1. The van der Waals surface area contributed by atoms with Crippen molar-refractivity contribution in [3.63, 3.8) is 0 Å². The second-order valence-corrected chi connectivity index (χ2v) is 4.45. The number of aliphatic hydroxyl groups is 1. The van der Waals surface area contributed by atoms with Crippen LogP contribution in [-0.2, 0) is 0 Å². The minimum Gasteiger partial charge on any atom is -0.478 e. The second-order valence-electron chi connectivity index (χ2n) is 4.45. The first-order valence-electron chi connectivity index (χ1n) is 5.67. The van der Waals surface area contributed by atoms with Crippen LogP contribution >= 0.6 is 0 Å². The molecule has 4 nitrogen and oxygen atoms in total. The summed E-state index contributed by atoms with van der Waals surface area (Å²) < 4.78 is 0. The van der Waals surface area contributed by atoms with Gasteiger partial charge in [-0.05, 0) is 37.5 Å². The van der Waals surface area contributed by atoms with E-state index in [9.17, 15) is 4.79 Å². The molecule has 0 amide bonds. The van der Waals surface area contributed by atoms with Crippen LogP contribution in [0.25, 0.3) is 0 Å². The highest BCUT2D eigenvalue weighted by Crippen LogP contribution is 2.20. The molecule has 0 aliphatic heterocycles. The van der Waals surface area contributed by atoms with Crippen molar-refractivity contribution < 1.29 is 15.0 Å². The summed E-state index contributed by atoms with van der Waals surface area (Å²) in [4.78, 5) is 11.1. The van der Waals surface area contributed by atoms with Crippen LogP contribution in [0.3, 0.4) is 0 Å². The first-order valence-corrected chi connectivity index (χ1v) is 5.67. The minimum absolute atomic E-state index is 0.0138. The maximum atomic E-state index is 11.1. The molecule has 0 saturated carbocycles. The zero-order valence-electron chi connectivity index (χ0n) is 10.4. The summed E-state index contributed by atoms with van der Waals surface area (Å²) in [7, 11) is 0. The Kier molecular flexibility index (Phi) is 4.52.